The summed E-state index contributed by atoms with van der Waals surface area (Å²) >= 11 is 6.05. The summed E-state index contributed by atoms with van der Waals surface area (Å²) in [4.78, 5) is 16.2. The predicted molar refractivity (Wildman–Crippen MR) is 86.2 cm³/mol. The number of halogens is 1. The molecule has 1 aliphatic rings. The first-order valence-corrected chi connectivity index (χ1v) is 7.95. The molecule has 0 bridgehead atoms. The molecule has 0 unspecified atom stereocenters. The van der Waals surface area contributed by atoms with Crippen LogP contribution in [0.5, 0.6) is 0 Å². The van der Waals surface area contributed by atoms with E-state index < -0.39 is 0 Å². The lowest BCUT2D eigenvalue weighted by molar-refractivity contribution is -0.132. The van der Waals surface area contributed by atoms with Crippen molar-refractivity contribution in [2.75, 3.05) is 31.1 Å². The lowest BCUT2D eigenvalue weighted by Gasteiger charge is -2.35. The van der Waals surface area contributed by atoms with Crippen LogP contribution in [0.15, 0.2) is 18.3 Å². The first-order chi connectivity index (χ1) is 10.5. The smallest absolute Gasteiger partial charge is 0.231 e. The Morgan fingerprint density at radius 1 is 1.23 bits per heavy atom. The number of hydrogen-bond acceptors (Lipinski definition) is 4. The zero-order valence-corrected chi connectivity index (χ0v) is 13.6. The first kappa shape index (κ1) is 15.1. The summed E-state index contributed by atoms with van der Waals surface area (Å²) in [5, 5.41) is 9.07. The van der Waals surface area contributed by atoms with Crippen molar-refractivity contribution in [3.63, 3.8) is 0 Å². The van der Waals surface area contributed by atoms with Crippen LogP contribution < -0.4 is 4.90 Å². The number of carbonyl (C=O) groups is 1. The number of fused-ring (bicyclic) bond motifs is 1. The van der Waals surface area contributed by atoms with Gasteiger partial charge in [-0.15, -0.1) is 10.2 Å². The van der Waals surface area contributed by atoms with E-state index in [-0.39, 0.29) is 5.91 Å². The molecule has 118 valence electrons. The molecule has 0 aromatic carbocycles. The highest BCUT2D eigenvalue weighted by Gasteiger charge is 2.24. The molecule has 3 heterocycles. The maximum atomic E-state index is 12.1. The standard InChI is InChI=1S/C15H20ClN5O/c1-11(2)9-14(22)19-5-7-20(8-6-19)15-18-17-13-4-3-12(16)10-21(13)15/h3-4,10-11H,5-9H2,1-2H3. The topological polar surface area (TPSA) is 53.7 Å². The van der Waals surface area contributed by atoms with Crippen LogP contribution in [0.3, 0.4) is 0 Å². The molecule has 7 heteroatoms. The van der Waals surface area contributed by atoms with Crippen molar-refractivity contribution >= 4 is 29.1 Å². The molecule has 2 aromatic heterocycles. The van der Waals surface area contributed by atoms with Gasteiger partial charge in [0.15, 0.2) is 5.65 Å². The average Bonchev–Trinajstić information content (AvgIpc) is 2.89. The molecular weight excluding hydrogens is 302 g/mol. The summed E-state index contributed by atoms with van der Waals surface area (Å²) in [5.74, 6) is 1.42. The van der Waals surface area contributed by atoms with Crippen molar-refractivity contribution in [1.29, 1.82) is 0 Å². The highest BCUT2D eigenvalue weighted by atomic mass is 35.5. The number of amides is 1. The Balaban J connectivity index is 1.70. The average molecular weight is 322 g/mol. The van der Waals surface area contributed by atoms with Crippen LogP contribution in [0.25, 0.3) is 5.65 Å². The molecule has 1 aliphatic heterocycles. The highest BCUT2D eigenvalue weighted by molar-refractivity contribution is 6.30. The molecule has 1 fully saturated rings. The summed E-state index contributed by atoms with van der Waals surface area (Å²) in [6.07, 6.45) is 2.44. The number of aromatic nitrogens is 3. The number of piperazine rings is 1. The van der Waals surface area contributed by atoms with Crippen molar-refractivity contribution in [2.24, 2.45) is 5.92 Å². The van der Waals surface area contributed by atoms with E-state index in [0.717, 1.165) is 37.8 Å². The van der Waals surface area contributed by atoms with E-state index in [2.05, 4.69) is 28.9 Å². The molecule has 0 saturated carbocycles. The molecule has 0 N–H and O–H groups in total. The van der Waals surface area contributed by atoms with E-state index in [1.165, 1.54) is 0 Å². The maximum absolute atomic E-state index is 12.1. The van der Waals surface area contributed by atoms with Gasteiger partial charge in [0.1, 0.15) is 0 Å². The minimum absolute atomic E-state index is 0.240. The van der Waals surface area contributed by atoms with Gasteiger partial charge in [-0.25, -0.2) is 0 Å². The second kappa shape index (κ2) is 6.12. The number of nitrogens with zero attached hydrogens (tertiary/aromatic N) is 5. The van der Waals surface area contributed by atoms with E-state index in [4.69, 9.17) is 11.6 Å². The fourth-order valence-corrected chi connectivity index (χ4v) is 2.86. The number of carbonyl (C=O) groups excluding carboxylic acids is 1. The van der Waals surface area contributed by atoms with E-state index in [0.29, 0.717) is 17.4 Å². The van der Waals surface area contributed by atoms with Gasteiger partial charge in [0, 0.05) is 38.8 Å². The van der Waals surface area contributed by atoms with Gasteiger partial charge in [0.25, 0.3) is 0 Å². The molecule has 0 aliphatic carbocycles. The molecule has 0 radical (unpaired) electrons. The van der Waals surface area contributed by atoms with E-state index in [9.17, 15) is 4.79 Å². The Morgan fingerprint density at radius 3 is 2.64 bits per heavy atom. The van der Waals surface area contributed by atoms with Gasteiger partial charge in [-0.1, -0.05) is 25.4 Å². The molecule has 2 aromatic rings. The number of anilines is 1. The van der Waals surface area contributed by atoms with Crippen molar-refractivity contribution in [1.82, 2.24) is 19.5 Å². The normalized spacial score (nSPS) is 15.8. The van der Waals surface area contributed by atoms with Crippen molar-refractivity contribution in [3.8, 4) is 0 Å². The number of pyridine rings is 1. The molecule has 0 atom stereocenters. The third kappa shape index (κ3) is 3.02. The van der Waals surface area contributed by atoms with E-state index >= 15 is 0 Å². The molecule has 1 saturated heterocycles. The third-order valence-corrected chi connectivity index (χ3v) is 4.07. The summed E-state index contributed by atoms with van der Waals surface area (Å²) in [6, 6.07) is 3.65. The second-order valence-corrected chi connectivity index (χ2v) is 6.48. The zero-order chi connectivity index (χ0) is 15.7. The Hall–Kier alpha value is -1.82. The third-order valence-electron chi connectivity index (χ3n) is 3.85. The summed E-state index contributed by atoms with van der Waals surface area (Å²) in [6.45, 7) is 7.11. The lowest BCUT2D eigenvalue weighted by Crippen LogP contribution is -2.49. The minimum Gasteiger partial charge on any atom is -0.339 e. The molecule has 22 heavy (non-hydrogen) atoms. The molecule has 1 amide bonds. The first-order valence-electron chi connectivity index (χ1n) is 7.57. The van der Waals surface area contributed by atoms with Gasteiger partial charge in [-0.05, 0) is 18.1 Å². The quantitative estimate of drug-likeness (QED) is 0.868. The number of hydrogen-bond donors (Lipinski definition) is 0. The van der Waals surface area contributed by atoms with Crippen LogP contribution in [0.1, 0.15) is 20.3 Å². The van der Waals surface area contributed by atoms with Crippen molar-refractivity contribution in [3.05, 3.63) is 23.4 Å². The fourth-order valence-electron chi connectivity index (χ4n) is 2.70. The lowest BCUT2D eigenvalue weighted by atomic mass is 10.1. The number of rotatable bonds is 3. The summed E-state index contributed by atoms with van der Waals surface area (Å²) < 4.78 is 1.90. The predicted octanol–water partition coefficient (Wildman–Crippen LogP) is 2.08. The van der Waals surface area contributed by atoms with Crippen molar-refractivity contribution in [2.45, 2.75) is 20.3 Å². The van der Waals surface area contributed by atoms with Gasteiger partial charge in [-0.3, -0.25) is 9.20 Å². The Bertz CT molecular complexity index is 676. The Labute approximate surface area is 134 Å². The van der Waals surface area contributed by atoms with Gasteiger partial charge < -0.3 is 9.80 Å². The van der Waals surface area contributed by atoms with Crippen LogP contribution in [-0.4, -0.2) is 51.6 Å². The van der Waals surface area contributed by atoms with Gasteiger partial charge in [-0.2, -0.15) is 0 Å². The van der Waals surface area contributed by atoms with E-state index in [1.54, 1.807) is 6.07 Å². The van der Waals surface area contributed by atoms with Crippen LogP contribution in [-0.2, 0) is 4.79 Å². The van der Waals surface area contributed by atoms with Crippen molar-refractivity contribution < 1.29 is 4.79 Å². The monoisotopic (exact) mass is 321 g/mol. The largest absolute Gasteiger partial charge is 0.339 e. The Kier molecular flexibility index (Phi) is 4.20. The van der Waals surface area contributed by atoms with Gasteiger partial charge in [0.05, 0.1) is 5.02 Å². The fraction of sp³-hybridized carbons (Fsp3) is 0.533. The zero-order valence-electron chi connectivity index (χ0n) is 12.9. The molecular formula is C15H20ClN5O. The van der Waals surface area contributed by atoms with Crippen LogP contribution in [0.4, 0.5) is 5.95 Å². The van der Waals surface area contributed by atoms with Gasteiger partial charge in [0.2, 0.25) is 11.9 Å². The van der Waals surface area contributed by atoms with Crippen LogP contribution in [0.2, 0.25) is 5.02 Å². The SMILES string of the molecule is CC(C)CC(=O)N1CCN(c2nnc3ccc(Cl)cn23)CC1. The highest BCUT2D eigenvalue weighted by Crippen LogP contribution is 2.19. The second-order valence-electron chi connectivity index (χ2n) is 6.04. The van der Waals surface area contributed by atoms with Crippen LogP contribution in [0, 0.1) is 5.92 Å². The molecule has 3 rings (SSSR count). The summed E-state index contributed by atoms with van der Waals surface area (Å²) in [5.41, 5.74) is 0.776. The Morgan fingerprint density at radius 2 is 1.95 bits per heavy atom. The van der Waals surface area contributed by atoms with Crippen LogP contribution >= 0.6 is 11.6 Å². The van der Waals surface area contributed by atoms with E-state index in [1.807, 2.05) is 21.6 Å². The summed E-state index contributed by atoms with van der Waals surface area (Å²) in [7, 11) is 0. The van der Waals surface area contributed by atoms with Gasteiger partial charge >= 0.3 is 0 Å². The molecule has 6 nitrogen and oxygen atoms in total. The maximum Gasteiger partial charge on any atom is 0.231 e. The minimum atomic E-state index is 0.240. The molecule has 0 spiro atoms.